The number of alkyl halides is 1. The molecule has 2 aromatic rings. The van der Waals surface area contributed by atoms with Crippen LogP contribution in [0.15, 0.2) is 30.3 Å². The van der Waals surface area contributed by atoms with Crippen LogP contribution in [0.4, 0.5) is 0 Å². The Hall–Kier alpha value is -1.20. The number of rotatable bonds is 6. The molecule has 0 saturated carbocycles. The topological polar surface area (TPSA) is 39.9 Å². The van der Waals surface area contributed by atoms with Gasteiger partial charge in [-0.15, -0.1) is 10.2 Å². The molecule has 0 unspecified atom stereocenters. The average molecular weight is 310 g/mol. The van der Waals surface area contributed by atoms with Gasteiger partial charge in [0, 0.05) is 18.7 Å². The van der Waals surface area contributed by atoms with Crippen LogP contribution in [0.3, 0.4) is 0 Å². The van der Waals surface area contributed by atoms with Crippen molar-refractivity contribution in [1.29, 1.82) is 0 Å². The maximum atomic E-state index is 5.38. The van der Waals surface area contributed by atoms with E-state index in [9.17, 15) is 0 Å². The van der Waals surface area contributed by atoms with Crippen molar-refractivity contribution < 1.29 is 4.74 Å². The first kappa shape index (κ1) is 13.2. The molecular formula is C13H16BrN3O. The molecule has 0 aliphatic heterocycles. The monoisotopic (exact) mass is 309 g/mol. The fraction of sp³-hybridized carbons (Fsp3) is 0.385. The standard InChI is InChI=1S/C13H16BrN3O/c1-2-18-9-8-12-15-16-13(10-14)17(12)11-6-4-3-5-7-11/h3-7H,2,8-10H2,1H3. The SMILES string of the molecule is CCOCCc1nnc(CBr)n1-c1ccccc1. The summed E-state index contributed by atoms with van der Waals surface area (Å²) in [6.45, 7) is 3.39. The summed E-state index contributed by atoms with van der Waals surface area (Å²) in [5.74, 6) is 1.84. The Bertz CT molecular complexity index is 484. The fourth-order valence-electron chi connectivity index (χ4n) is 1.79. The minimum Gasteiger partial charge on any atom is -0.381 e. The molecule has 0 aliphatic carbocycles. The highest BCUT2D eigenvalue weighted by Gasteiger charge is 2.12. The Morgan fingerprint density at radius 2 is 1.89 bits per heavy atom. The average Bonchev–Trinajstić information content (AvgIpc) is 2.83. The fourth-order valence-corrected chi connectivity index (χ4v) is 2.15. The molecule has 0 N–H and O–H groups in total. The zero-order chi connectivity index (χ0) is 12.8. The number of para-hydroxylation sites is 1. The van der Waals surface area contributed by atoms with E-state index in [2.05, 4.69) is 42.8 Å². The van der Waals surface area contributed by atoms with E-state index in [-0.39, 0.29) is 0 Å². The van der Waals surface area contributed by atoms with Gasteiger partial charge in [-0.3, -0.25) is 4.57 Å². The van der Waals surface area contributed by atoms with Crippen LogP contribution in [-0.2, 0) is 16.5 Å². The molecule has 0 saturated heterocycles. The van der Waals surface area contributed by atoms with Gasteiger partial charge in [0.25, 0.3) is 0 Å². The molecule has 96 valence electrons. The molecule has 0 amide bonds. The van der Waals surface area contributed by atoms with Crippen LogP contribution >= 0.6 is 15.9 Å². The van der Waals surface area contributed by atoms with E-state index >= 15 is 0 Å². The van der Waals surface area contributed by atoms with Gasteiger partial charge >= 0.3 is 0 Å². The van der Waals surface area contributed by atoms with Gasteiger partial charge < -0.3 is 4.74 Å². The van der Waals surface area contributed by atoms with Crippen molar-refractivity contribution in [2.24, 2.45) is 0 Å². The minimum absolute atomic E-state index is 0.670. The van der Waals surface area contributed by atoms with Gasteiger partial charge in [0.2, 0.25) is 0 Å². The van der Waals surface area contributed by atoms with Crippen LogP contribution in [-0.4, -0.2) is 28.0 Å². The van der Waals surface area contributed by atoms with Crippen molar-refractivity contribution in [2.75, 3.05) is 13.2 Å². The van der Waals surface area contributed by atoms with E-state index in [1.165, 1.54) is 0 Å². The number of aromatic nitrogens is 3. The maximum absolute atomic E-state index is 5.38. The third-order valence-electron chi connectivity index (χ3n) is 2.61. The molecule has 0 bridgehead atoms. The molecule has 4 nitrogen and oxygen atoms in total. The second-order valence-corrected chi connectivity index (χ2v) is 4.34. The smallest absolute Gasteiger partial charge is 0.148 e. The maximum Gasteiger partial charge on any atom is 0.148 e. The van der Waals surface area contributed by atoms with Crippen molar-refractivity contribution in [3.8, 4) is 5.69 Å². The van der Waals surface area contributed by atoms with Crippen LogP contribution in [0.5, 0.6) is 0 Å². The molecule has 0 atom stereocenters. The normalized spacial score (nSPS) is 10.8. The highest BCUT2D eigenvalue weighted by Crippen LogP contribution is 2.15. The summed E-state index contributed by atoms with van der Waals surface area (Å²) in [5.41, 5.74) is 1.09. The first-order chi connectivity index (χ1) is 8.86. The quantitative estimate of drug-likeness (QED) is 0.608. The second-order valence-electron chi connectivity index (χ2n) is 3.78. The van der Waals surface area contributed by atoms with Gasteiger partial charge in [-0.05, 0) is 19.1 Å². The lowest BCUT2D eigenvalue weighted by atomic mass is 10.3. The van der Waals surface area contributed by atoms with Gasteiger partial charge in [0.15, 0.2) is 0 Å². The Morgan fingerprint density at radius 1 is 1.17 bits per heavy atom. The van der Waals surface area contributed by atoms with Crippen LogP contribution in [0.2, 0.25) is 0 Å². The molecule has 0 fully saturated rings. The molecule has 18 heavy (non-hydrogen) atoms. The molecule has 1 heterocycles. The first-order valence-corrected chi connectivity index (χ1v) is 7.11. The lowest BCUT2D eigenvalue weighted by Crippen LogP contribution is -2.07. The lowest BCUT2D eigenvalue weighted by molar-refractivity contribution is 0.149. The largest absolute Gasteiger partial charge is 0.381 e. The Balaban J connectivity index is 2.28. The Labute approximate surface area is 115 Å². The summed E-state index contributed by atoms with van der Waals surface area (Å²) in [4.78, 5) is 0. The van der Waals surface area contributed by atoms with Crippen molar-refractivity contribution in [3.63, 3.8) is 0 Å². The Kier molecular flexibility index (Phi) is 4.90. The van der Waals surface area contributed by atoms with Crippen LogP contribution in [0.25, 0.3) is 5.69 Å². The summed E-state index contributed by atoms with van der Waals surface area (Å²) >= 11 is 3.45. The Morgan fingerprint density at radius 3 is 2.56 bits per heavy atom. The third-order valence-corrected chi connectivity index (χ3v) is 3.11. The van der Waals surface area contributed by atoms with Crippen molar-refractivity contribution in [2.45, 2.75) is 18.7 Å². The van der Waals surface area contributed by atoms with Gasteiger partial charge in [0.05, 0.1) is 11.9 Å². The van der Waals surface area contributed by atoms with Crippen LogP contribution in [0, 0.1) is 0 Å². The van der Waals surface area contributed by atoms with E-state index < -0.39 is 0 Å². The summed E-state index contributed by atoms with van der Waals surface area (Å²) in [5, 5.41) is 9.12. The van der Waals surface area contributed by atoms with E-state index in [4.69, 9.17) is 4.74 Å². The molecule has 1 aromatic heterocycles. The zero-order valence-electron chi connectivity index (χ0n) is 10.3. The zero-order valence-corrected chi connectivity index (χ0v) is 11.9. The van der Waals surface area contributed by atoms with Crippen molar-refractivity contribution in [1.82, 2.24) is 14.8 Å². The van der Waals surface area contributed by atoms with E-state index in [1.807, 2.05) is 25.1 Å². The summed E-state index contributed by atoms with van der Waals surface area (Å²) < 4.78 is 7.46. The number of halogens is 1. The molecule has 0 spiro atoms. The van der Waals surface area contributed by atoms with Crippen molar-refractivity contribution in [3.05, 3.63) is 42.0 Å². The molecule has 2 rings (SSSR count). The summed E-state index contributed by atoms with van der Waals surface area (Å²) in [6.07, 6.45) is 0.767. The third kappa shape index (κ3) is 2.97. The lowest BCUT2D eigenvalue weighted by Gasteiger charge is -2.09. The molecule has 5 heteroatoms. The van der Waals surface area contributed by atoms with Gasteiger partial charge in [-0.2, -0.15) is 0 Å². The number of benzene rings is 1. The highest BCUT2D eigenvalue weighted by molar-refractivity contribution is 9.08. The number of nitrogens with zero attached hydrogens (tertiary/aromatic N) is 3. The summed E-state index contributed by atoms with van der Waals surface area (Å²) in [7, 11) is 0. The molecule has 1 aromatic carbocycles. The predicted octanol–water partition coefficient (Wildman–Crippen LogP) is 2.74. The molecule has 0 radical (unpaired) electrons. The number of hydrogen-bond acceptors (Lipinski definition) is 3. The predicted molar refractivity (Wildman–Crippen MR) is 74.2 cm³/mol. The molecular weight excluding hydrogens is 294 g/mol. The van der Waals surface area contributed by atoms with Gasteiger partial charge in [-0.25, -0.2) is 0 Å². The first-order valence-electron chi connectivity index (χ1n) is 5.99. The second kappa shape index (κ2) is 6.66. The number of hydrogen-bond donors (Lipinski definition) is 0. The van der Waals surface area contributed by atoms with E-state index in [1.54, 1.807) is 0 Å². The van der Waals surface area contributed by atoms with Crippen LogP contribution in [0.1, 0.15) is 18.6 Å². The van der Waals surface area contributed by atoms with E-state index in [0.29, 0.717) is 11.9 Å². The van der Waals surface area contributed by atoms with Crippen LogP contribution < -0.4 is 0 Å². The van der Waals surface area contributed by atoms with Gasteiger partial charge in [0.1, 0.15) is 11.6 Å². The van der Waals surface area contributed by atoms with E-state index in [0.717, 1.165) is 30.4 Å². The highest BCUT2D eigenvalue weighted by atomic mass is 79.9. The van der Waals surface area contributed by atoms with Crippen molar-refractivity contribution >= 4 is 15.9 Å². The summed E-state index contributed by atoms with van der Waals surface area (Å²) in [6, 6.07) is 10.1. The van der Waals surface area contributed by atoms with Gasteiger partial charge in [-0.1, -0.05) is 34.1 Å². The minimum atomic E-state index is 0.670. The number of ether oxygens (including phenoxy) is 1. The molecule has 0 aliphatic rings.